The summed E-state index contributed by atoms with van der Waals surface area (Å²) in [4.78, 5) is 10.7. The highest BCUT2D eigenvalue weighted by Crippen LogP contribution is 1.87. The Balaban J connectivity index is 3.10. The van der Waals surface area contributed by atoms with Crippen LogP contribution in [0, 0.1) is 0 Å². The number of hydrogen-bond acceptors (Lipinski definition) is 5. The molecule has 0 heterocycles. The van der Waals surface area contributed by atoms with E-state index in [0.717, 1.165) is 0 Å². The maximum absolute atomic E-state index is 10.7. The van der Waals surface area contributed by atoms with Crippen LogP contribution in [0.2, 0.25) is 0 Å². The van der Waals surface area contributed by atoms with Crippen molar-refractivity contribution in [1.29, 1.82) is 0 Å². The summed E-state index contributed by atoms with van der Waals surface area (Å²) in [5.41, 5.74) is 0. The molecule has 0 aromatic heterocycles. The third-order valence-electron chi connectivity index (χ3n) is 1.39. The van der Waals surface area contributed by atoms with E-state index in [-0.39, 0.29) is 6.61 Å². The minimum absolute atomic E-state index is 0.163. The fraction of sp³-hybridized carbons (Fsp3) is 0.889. The number of carbonyl (C=O) groups is 1. The van der Waals surface area contributed by atoms with Crippen molar-refractivity contribution in [2.45, 2.75) is 20.0 Å². The topological polar surface area (TPSA) is 65.0 Å². The zero-order chi connectivity index (χ0) is 10.8. The van der Waals surface area contributed by atoms with Gasteiger partial charge in [0.05, 0.1) is 19.8 Å². The fourth-order valence-corrected chi connectivity index (χ4v) is 0.686. The molecule has 1 N–H and O–H groups in total. The highest BCUT2D eigenvalue weighted by atomic mass is 16.6. The van der Waals surface area contributed by atoms with Gasteiger partial charge in [-0.3, -0.25) is 0 Å². The van der Waals surface area contributed by atoms with Crippen molar-refractivity contribution in [2.75, 3.05) is 33.0 Å². The van der Waals surface area contributed by atoms with Gasteiger partial charge in [-0.1, -0.05) is 0 Å². The maximum atomic E-state index is 10.7. The number of aliphatic hydroxyl groups excluding tert-OH is 1. The minimum atomic E-state index is -1.07. The molecule has 0 radical (unpaired) electrons. The van der Waals surface area contributed by atoms with Gasteiger partial charge in [-0.2, -0.15) is 0 Å². The van der Waals surface area contributed by atoms with E-state index in [4.69, 9.17) is 14.6 Å². The number of rotatable bonds is 8. The molecule has 5 nitrogen and oxygen atoms in total. The van der Waals surface area contributed by atoms with Crippen LogP contribution in [-0.4, -0.2) is 50.2 Å². The van der Waals surface area contributed by atoms with Gasteiger partial charge in [0, 0.05) is 6.61 Å². The third kappa shape index (κ3) is 7.97. The Morgan fingerprint density at radius 2 is 1.79 bits per heavy atom. The molecule has 0 aliphatic rings. The molecular weight excluding hydrogens is 188 g/mol. The molecule has 0 bridgehead atoms. The van der Waals surface area contributed by atoms with E-state index in [1.807, 2.05) is 6.92 Å². The zero-order valence-corrected chi connectivity index (χ0v) is 8.69. The molecule has 0 aromatic rings. The monoisotopic (exact) mass is 206 g/mol. The minimum Gasteiger partial charge on any atom is -0.461 e. The van der Waals surface area contributed by atoms with Crippen molar-refractivity contribution in [2.24, 2.45) is 0 Å². The van der Waals surface area contributed by atoms with Gasteiger partial charge in [-0.25, -0.2) is 4.79 Å². The van der Waals surface area contributed by atoms with Crippen LogP contribution in [0.3, 0.4) is 0 Å². The summed E-state index contributed by atoms with van der Waals surface area (Å²) in [6.45, 7) is 5.45. The lowest BCUT2D eigenvalue weighted by molar-refractivity contribution is -0.154. The predicted octanol–water partition coefficient (Wildman–Crippen LogP) is -0.0365. The Morgan fingerprint density at radius 1 is 1.21 bits per heavy atom. The molecule has 0 saturated heterocycles. The summed E-state index contributed by atoms with van der Waals surface area (Å²) < 4.78 is 14.8. The molecule has 0 rings (SSSR count). The van der Waals surface area contributed by atoms with Crippen LogP contribution in [0.4, 0.5) is 0 Å². The Bertz CT molecular complexity index is 146. The Kier molecular flexibility index (Phi) is 8.51. The number of aliphatic hydroxyl groups is 1. The van der Waals surface area contributed by atoms with Crippen molar-refractivity contribution < 1.29 is 24.1 Å². The summed E-state index contributed by atoms with van der Waals surface area (Å²) in [6, 6.07) is 0. The van der Waals surface area contributed by atoms with Crippen LogP contribution < -0.4 is 0 Å². The summed E-state index contributed by atoms with van der Waals surface area (Å²) in [7, 11) is 0. The Morgan fingerprint density at radius 3 is 2.36 bits per heavy atom. The molecule has 0 amide bonds. The average Bonchev–Trinajstić information content (AvgIpc) is 2.16. The highest BCUT2D eigenvalue weighted by Gasteiger charge is 2.08. The Labute approximate surface area is 84.0 Å². The molecule has 84 valence electrons. The summed E-state index contributed by atoms with van der Waals surface area (Å²) >= 11 is 0. The maximum Gasteiger partial charge on any atom is 0.334 e. The largest absolute Gasteiger partial charge is 0.461 e. The molecule has 0 aliphatic carbocycles. The second kappa shape index (κ2) is 8.93. The van der Waals surface area contributed by atoms with Crippen molar-refractivity contribution in [1.82, 2.24) is 0 Å². The van der Waals surface area contributed by atoms with Gasteiger partial charge in [0.25, 0.3) is 0 Å². The van der Waals surface area contributed by atoms with E-state index in [9.17, 15) is 4.79 Å². The van der Waals surface area contributed by atoms with Crippen LogP contribution in [0.15, 0.2) is 0 Å². The summed E-state index contributed by atoms with van der Waals surface area (Å²) in [5.74, 6) is -0.626. The third-order valence-corrected chi connectivity index (χ3v) is 1.39. The average molecular weight is 206 g/mol. The quantitative estimate of drug-likeness (QED) is 0.446. The van der Waals surface area contributed by atoms with Crippen molar-refractivity contribution >= 4 is 5.97 Å². The predicted molar refractivity (Wildman–Crippen MR) is 50.0 cm³/mol. The first kappa shape index (κ1) is 13.4. The smallest absolute Gasteiger partial charge is 0.334 e. The highest BCUT2D eigenvalue weighted by molar-refractivity contribution is 5.73. The SMILES string of the molecule is CCOCCOCCOC(=O)[C@@H](C)O. The molecule has 0 unspecified atom stereocenters. The molecule has 0 spiro atoms. The van der Waals surface area contributed by atoms with Gasteiger partial charge in [-0.15, -0.1) is 0 Å². The van der Waals surface area contributed by atoms with Gasteiger partial charge in [0.2, 0.25) is 0 Å². The molecule has 0 fully saturated rings. The van der Waals surface area contributed by atoms with Crippen molar-refractivity contribution in [3.8, 4) is 0 Å². The van der Waals surface area contributed by atoms with E-state index >= 15 is 0 Å². The van der Waals surface area contributed by atoms with Gasteiger partial charge < -0.3 is 19.3 Å². The second-order valence-corrected chi connectivity index (χ2v) is 2.65. The van der Waals surface area contributed by atoms with Crippen LogP contribution >= 0.6 is 0 Å². The van der Waals surface area contributed by atoms with Crippen LogP contribution in [-0.2, 0) is 19.0 Å². The van der Waals surface area contributed by atoms with Crippen molar-refractivity contribution in [3.05, 3.63) is 0 Å². The zero-order valence-electron chi connectivity index (χ0n) is 8.69. The number of esters is 1. The van der Waals surface area contributed by atoms with Gasteiger partial charge in [-0.05, 0) is 13.8 Å². The van der Waals surface area contributed by atoms with Crippen LogP contribution in [0.25, 0.3) is 0 Å². The van der Waals surface area contributed by atoms with Crippen LogP contribution in [0.5, 0.6) is 0 Å². The molecule has 0 aromatic carbocycles. The van der Waals surface area contributed by atoms with E-state index in [1.54, 1.807) is 0 Å². The molecular formula is C9H18O5. The lowest BCUT2D eigenvalue weighted by Crippen LogP contribution is -2.21. The van der Waals surface area contributed by atoms with Gasteiger partial charge >= 0.3 is 5.97 Å². The normalized spacial score (nSPS) is 12.5. The van der Waals surface area contributed by atoms with Crippen molar-refractivity contribution in [3.63, 3.8) is 0 Å². The Hall–Kier alpha value is -0.650. The number of hydrogen-bond donors (Lipinski definition) is 1. The standard InChI is InChI=1S/C9H18O5/c1-3-12-4-5-13-6-7-14-9(11)8(2)10/h8,10H,3-7H2,1-2H3/t8-/m1/s1. The molecule has 0 saturated carbocycles. The summed E-state index contributed by atoms with van der Waals surface area (Å²) in [6.07, 6.45) is -1.07. The first-order valence-electron chi connectivity index (χ1n) is 4.68. The summed E-state index contributed by atoms with van der Waals surface area (Å²) in [5, 5.41) is 8.76. The molecule has 0 aliphatic heterocycles. The number of carbonyl (C=O) groups excluding carboxylic acids is 1. The van der Waals surface area contributed by atoms with E-state index < -0.39 is 12.1 Å². The number of ether oxygens (including phenoxy) is 3. The first-order valence-corrected chi connectivity index (χ1v) is 4.68. The molecule has 1 atom stereocenters. The van der Waals surface area contributed by atoms with E-state index in [2.05, 4.69) is 4.74 Å². The van der Waals surface area contributed by atoms with E-state index in [0.29, 0.717) is 26.4 Å². The lowest BCUT2D eigenvalue weighted by Gasteiger charge is -2.07. The second-order valence-electron chi connectivity index (χ2n) is 2.65. The molecule has 14 heavy (non-hydrogen) atoms. The molecule has 5 heteroatoms. The first-order chi connectivity index (χ1) is 6.68. The van der Waals surface area contributed by atoms with Gasteiger partial charge in [0.15, 0.2) is 0 Å². The lowest BCUT2D eigenvalue weighted by atomic mass is 10.4. The van der Waals surface area contributed by atoms with Gasteiger partial charge in [0.1, 0.15) is 12.7 Å². The van der Waals surface area contributed by atoms with E-state index in [1.165, 1.54) is 6.92 Å². The fourth-order valence-electron chi connectivity index (χ4n) is 0.686. The van der Waals surface area contributed by atoms with Crippen LogP contribution in [0.1, 0.15) is 13.8 Å².